The Balaban J connectivity index is 1.17. The molecule has 9 heteroatoms. The van der Waals surface area contributed by atoms with Crippen molar-refractivity contribution < 1.29 is 9.13 Å². The van der Waals surface area contributed by atoms with E-state index in [2.05, 4.69) is 54.7 Å². The van der Waals surface area contributed by atoms with Gasteiger partial charge in [-0.2, -0.15) is 5.10 Å². The van der Waals surface area contributed by atoms with Crippen molar-refractivity contribution in [3.63, 3.8) is 0 Å². The highest BCUT2D eigenvalue weighted by atomic mass is 19.1. The minimum Gasteiger partial charge on any atom is -0.492 e. The van der Waals surface area contributed by atoms with Gasteiger partial charge in [-0.3, -0.25) is 15.1 Å². The molecule has 1 fully saturated rings. The third-order valence-electron chi connectivity index (χ3n) is 8.68. The maximum Gasteiger partial charge on any atom is 0.127 e. The molecule has 0 saturated heterocycles. The van der Waals surface area contributed by atoms with Gasteiger partial charge in [0.2, 0.25) is 0 Å². The van der Waals surface area contributed by atoms with Crippen LogP contribution in [0.2, 0.25) is 0 Å². The third-order valence-corrected chi connectivity index (χ3v) is 8.68. The van der Waals surface area contributed by atoms with Gasteiger partial charge in [-0.05, 0) is 93.0 Å². The summed E-state index contributed by atoms with van der Waals surface area (Å²) in [5, 5.41) is 13.4. The lowest BCUT2D eigenvalue weighted by Crippen LogP contribution is -2.20. The van der Waals surface area contributed by atoms with E-state index in [1.807, 2.05) is 49.6 Å². The average molecular weight is 604 g/mol. The summed E-state index contributed by atoms with van der Waals surface area (Å²) in [5.41, 5.74) is 8.16. The molecule has 1 aliphatic rings. The summed E-state index contributed by atoms with van der Waals surface area (Å²) in [6, 6.07) is 17.3. The van der Waals surface area contributed by atoms with Gasteiger partial charge in [0.15, 0.2) is 0 Å². The molecule has 0 bridgehead atoms. The second-order valence-electron chi connectivity index (χ2n) is 12.3. The van der Waals surface area contributed by atoms with Crippen molar-refractivity contribution in [2.45, 2.75) is 32.2 Å². The number of nitrogens with zero attached hydrogens (tertiary/aromatic N) is 4. The van der Waals surface area contributed by atoms with E-state index in [-0.39, 0.29) is 5.82 Å². The summed E-state index contributed by atoms with van der Waals surface area (Å²) in [4.78, 5) is 14.7. The van der Waals surface area contributed by atoms with Crippen molar-refractivity contribution in [2.24, 2.45) is 5.92 Å². The molecular formula is C36H38FN7O. The van der Waals surface area contributed by atoms with Crippen LogP contribution in [-0.2, 0) is 6.54 Å². The van der Waals surface area contributed by atoms with Gasteiger partial charge in [-0.25, -0.2) is 4.39 Å². The van der Waals surface area contributed by atoms with Gasteiger partial charge in [-0.15, -0.1) is 0 Å². The Morgan fingerprint density at radius 2 is 1.78 bits per heavy atom. The molecular weight excluding hydrogens is 565 g/mol. The summed E-state index contributed by atoms with van der Waals surface area (Å²) in [7, 11) is 3.95. The Hall–Kier alpha value is -4.60. The normalized spacial score (nSPS) is 13.9. The Kier molecular flexibility index (Phi) is 8.28. The first kappa shape index (κ1) is 29.1. The van der Waals surface area contributed by atoms with Crippen molar-refractivity contribution in [3.8, 4) is 39.5 Å². The number of H-pyrrole nitrogens is 2. The maximum absolute atomic E-state index is 14.7. The largest absolute Gasteiger partial charge is 0.492 e. The number of likely N-dealkylation sites (N-methyl/N-ethyl adjacent to an activating group) is 1. The molecule has 0 radical (unpaired) electrons. The van der Waals surface area contributed by atoms with Gasteiger partial charge in [-0.1, -0.05) is 18.9 Å². The molecule has 3 N–H and O–H groups in total. The molecule has 6 aromatic rings. The third kappa shape index (κ3) is 6.45. The summed E-state index contributed by atoms with van der Waals surface area (Å²) in [5.74, 6) is 0.921. The number of aromatic amines is 2. The minimum atomic E-state index is -0.365. The number of ether oxygens (including phenoxy) is 1. The van der Waals surface area contributed by atoms with Crippen molar-refractivity contribution in [3.05, 3.63) is 84.6 Å². The predicted octanol–water partition coefficient (Wildman–Crippen LogP) is 7.19. The summed E-state index contributed by atoms with van der Waals surface area (Å²) in [6.07, 6.45) is 11.0. The number of benzene rings is 2. The fourth-order valence-electron chi connectivity index (χ4n) is 6.32. The molecule has 4 heterocycles. The molecule has 0 unspecified atom stereocenters. The van der Waals surface area contributed by atoms with Crippen LogP contribution in [0, 0.1) is 11.7 Å². The zero-order valence-corrected chi connectivity index (χ0v) is 25.7. The number of nitrogens with one attached hydrogen (secondary N) is 3. The van der Waals surface area contributed by atoms with E-state index in [1.54, 1.807) is 6.20 Å². The van der Waals surface area contributed by atoms with Crippen molar-refractivity contribution >= 4 is 21.8 Å². The Bertz CT molecular complexity index is 1940. The lowest BCUT2D eigenvalue weighted by Gasteiger charge is -2.12. The first-order chi connectivity index (χ1) is 22.0. The molecule has 8 nitrogen and oxygen atoms in total. The zero-order chi connectivity index (χ0) is 30.8. The molecule has 0 amide bonds. The van der Waals surface area contributed by atoms with Crippen molar-refractivity contribution in [1.82, 2.24) is 35.4 Å². The van der Waals surface area contributed by atoms with Crippen molar-refractivity contribution in [2.75, 3.05) is 33.8 Å². The Morgan fingerprint density at radius 1 is 0.911 bits per heavy atom. The van der Waals surface area contributed by atoms with E-state index in [4.69, 9.17) is 4.74 Å². The quantitative estimate of drug-likeness (QED) is 0.145. The lowest BCUT2D eigenvalue weighted by atomic mass is 10.0. The second kappa shape index (κ2) is 12.8. The van der Waals surface area contributed by atoms with Gasteiger partial charge >= 0.3 is 0 Å². The summed E-state index contributed by atoms with van der Waals surface area (Å²) in [6.45, 7) is 3.09. The number of pyridine rings is 2. The lowest BCUT2D eigenvalue weighted by molar-refractivity contribution is 0.260. The first-order valence-corrected chi connectivity index (χ1v) is 15.7. The standard InChI is InChI=1S/C36H38FN7O/c1-44(2)11-12-45-29-15-26(14-28(37)17-29)35-31-18-34(41-32(31)9-10-40-35)36-30-16-25(7-8-33(30)42-43-36)27-13-24(21-39-22-27)20-38-19-23-5-3-4-6-23/h7-10,13-18,21-23,38,41H,3-6,11-12,19-20H2,1-2H3,(H,42,43). The molecule has 45 heavy (non-hydrogen) atoms. The molecule has 0 spiro atoms. The molecule has 0 aliphatic heterocycles. The van der Waals surface area contributed by atoms with Crippen LogP contribution in [0.15, 0.2) is 73.2 Å². The van der Waals surface area contributed by atoms with Gasteiger partial charge in [0.05, 0.1) is 16.9 Å². The van der Waals surface area contributed by atoms with E-state index in [0.29, 0.717) is 23.6 Å². The number of rotatable bonds is 11. The molecule has 2 aromatic carbocycles. The highest BCUT2D eigenvalue weighted by Gasteiger charge is 2.17. The van der Waals surface area contributed by atoms with Gasteiger partial charge in [0, 0.05) is 65.2 Å². The topological polar surface area (TPSA) is 94.8 Å². The number of aromatic nitrogens is 5. The number of fused-ring (bicyclic) bond motifs is 2. The number of hydrogen-bond donors (Lipinski definition) is 3. The van der Waals surface area contributed by atoms with Crippen LogP contribution in [0.3, 0.4) is 0 Å². The molecule has 1 aliphatic carbocycles. The van der Waals surface area contributed by atoms with Crippen LogP contribution in [0.5, 0.6) is 5.75 Å². The highest BCUT2D eigenvalue weighted by molar-refractivity contribution is 6.00. The number of halogens is 1. The van der Waals surface area contributed by atoms with E-state index in [1.165, 1.54) is 43.4 Å². The molecule has 230 valence electrons. The van der Waals surface area contributed by atoms with E-state index in [0.717, 1.165) is 69.9 Å². The van der Waals surface area contributed by atoms with Crippen LogP contribution in [0.4, 0.5) is 4.39 Å². The number of hydrogen-bond acceptors (Lipinski definition) is 6. The summed E-state index contributed by atoms with van der Waals surface area (Å²) >= 11 is 0. The van der Waals surface area contributed by atoms with Gasteiger partial charge in [0.1, 0.15) is 23.9 Å². The van der Waals surface area contributed by atoms with Crippen LogP contribution in [-0.4, -0.2) is 63.8 Å². The van der Waals surface area contributed by atoms with Crippen LogP contribution >= 0.6 is 0 Å². The Labute approximate surface area is 262 Å². The monoisotopic (exact) mass is 603 g/mol. The first-order valence-electron chi connectivity index (χ1n) is 15.7. The molecule has 1 saturated carbocycles. The zero-order valence-electron chi connectivity index (χ0n) is 25.7. The average Bonchev–Trinajstić information content (AvgIpc) is 3.80. The minimum absolute atomic E-state index is 0.365. The van der Waals surface area contributed by atoms with Crippen LogP contribution in [0.25, 0.3) is 55.6 Å². The molecule has 7 rings (SSSR count). The maximum atomic E-state index is 14.7. The van der Waals surface area contributed by atoms with Gasteiger partial charge < -0.3 is 19.9 Å². The fourth-order valence-corrected chi connectivity index (χ4v) is 6.32. The molecule has 4 aromatic heterocycles. The van der Waals surface area contributed by atoms with Gasteiger partial charge in [0.25, 0.3) is 0 Å². The van der Waals surface area contributed by atoms with E-state index in [9.17, 15) is 4.39 Å². The van der Waals surface area contributed by atoms with Crippen LogP contribution in [0.1, 0.15) is 31.2 Å². The Morgan fingerprint density at radius 3 is 2.64 bits per heavy atom. The van der Waals surface area contributed by atoms with Crippen molar-refractivity contribution in [1.29, 1.82) is 0 Å². The smallest absolute Gasteiger partial charge is 0.127 e. The van der Waals surface area contributed by atoms with E-state index < -0.39 is 0 Å². The summed E-state index contributed by atoms with van der Waals surface area (Å²) < 4.78 is 20.5. The highest BCUT2D eigenvalue weighted by Crippen LogP contribution is 2.35. The van der Waals surface area contributed by atoms with Crippen LogP contribution < -0.4 is 10.1 Å². The fraction of sp³-hybridized carbons (Fsp3) is 0.306. The SMILES string of the molecule is CN(C)CCOc1cc(F)cc(-c2nccc3[nH]c(-c4n[nH]c5ccc(-c6cncc(CNCC7CCCC7)c6)cc45)cc23)c1. The van der Waals surface area contributed by atoms with E-state index >= 15 is 0 Å². The predicted molar refractivity (Wildman–Crippen MR) is 178 cm³/mol. The molecule has 0 atom stereocenters. The second-order valence-corrected chi connectivity index (χ2v) is 12.3.